The van der Waals surface area contributed by atoms with Gasteiger partial charge in [-0.2, -0.15) is 0 Å². The van der Waals surface area contributed by atoms with Crippen molar-refractivity contribution in [2.45, 2.75) is 26.8 Å². The zero-order valence-corrected chi connectivity index (χ0v) is 10.6. The van der Waals surface area contributed by atoms with Crippen molar-refractivity contribution in [2.24, 2.45) is 11.1 Å². The Balaban J connectivity index is 2.39. The average Bonchev–Trinajstić information content (AvgIpc) is 2.15. The zero-order chi connectivity index (χ0) is 11.5. The van der Waals surface area contributed by atoms with Crippen LogP contribution >= 0.6 is 0 Å². The van der Waals surface area contributed by atoms with E-state index in [-0.39, 0.29) is 5.41 Å². The summed E-state index contributed by atoms with van der Waals surface area (Å²) in [7, 11) is 2.17. The van der Waals surface area contributed by atoms with Gasteiger partial charge in [0.1, 0.15) is 0 Å². The van der Waals surface area contributed by atoms with Gasteiger partial charge in [-0.05, 0) is 12.5 Å². The summed E-state index contributed by atoms with van der Waals surface area (Å²) >= 11 is 0. The van der Waals surface area contributed by atoms with Crippen molar-refractivity contribution >= 4 is 0 Å². The van der Waals surface area contributed by atoms with Crippen LogP contribution in [0.4, 0.5) is 0 Å². The highest BCUT2D eigenvalue weighted by atomic mass is 15.5. The minimum absolute atomic E-state index is 0.220. The molecule has 0 radical (unpaired) electrons. The Bertz CT molecular complexity index is 180. The van der Waals surface area contributed by atoms with Crippen molar-refractivity contribution in [3.63, 3.8) is 0 Å². The minimum Gasteiger partial charge on any atom is -0.329 e. The third-order valence-electron chi connectivity index (χ3n) is 3.12. The van der Waals surface area contributed by atoms with E-state index in [1.54, 1.807) is 0 Å². The topological polar surface area (TPSA) is 44.5 Å². The molecule has 1 rings (SSSR count). The Morgan fingerprint density at radius 2 is 1.73 bits per heavy atom. The highest BCUT2D eigenvalue weighted by Gasteiger charge is 2.25. The van der Waals surface area contributed by atoms with Gasteiger partial charge in [0.05, 0.1) is 0 Å². The Hall–Kier alpha value is -0.160. The lowest BCUT2D eigenvalue weighted by atomic mass is 9.87. The van der Waals surface area contributed by atoms with Crippen LogP contribution in [0.2, 0.25) is 0 Å². The normalized spacial score (nSPS) is 23.0. The molecule has 1 atom stereocenters. The van der Waals surface area contributed by atoms with Crippen molar-refractivity contribution in [1.82, 2.24) is 15.3 Å². The summed E-state index contributed by atoms with van der Waals surface area (Å²) in [6.45, 7) is 11.8. The Morgan fingerprint density at radius 3 is 2.13 bits per heavy atom. The number of piperazine rings is 1. The van der Waals surface area contributed by atoms with E-state index in [0.29, 0.717) is 12.6 Å². The van der Waals surface area contributed by atoms with E-state index in [2.05, 4.69) is 43.2 Å². The van der Waals surface area contributed by atoms with Gasteiger partial charge in [-0.25, -0.2) is 5.01 Å². The summed E-state index contributed by atoms with van der Waals surface area (Å²) in [5, 5.41) is 2.31. The molecule has 0 amide bonds. The third-order valence-corrected chi connectivity index (χ3v) is 3.12. The van der Waals surface area contributed by atoms with Gasteiger partial charge in [0.15, 0.2) is 0 Å². The molecule has 0 aromatic heterocycles. The van der Waals surface area contributed by atoms with Crippen LogP contribution in [0.3, 0.4) is 0 Å². The standard InChI is InChI=1S/C11H26N4/c1-11(2,3)10(9-12)13-15-7-5-14(4)6-8-15/h10,13H,5-9,12H2,1-4H3. The maximum atomic E-state index is 5.80. The summed E-state index contributed by atoms with van der Waals surface area (Å²) in [4.78, 5) is 2.35. The van der Waals surface area contributed by atoms with E-state index < -0.39 is 0 Å². The lowest BCUT2D eigenvalue weighted by Gasteiger charge is -2.39. The van der Waals surface area contributed by atoms with Crippen LogP contribution in [0.25, 0.3) is 0 Å². The van der Waals surface area contributed by atoms with E-state index in [0.717, 1.165) is 26.2 Å². The molecule has 90 valence electrons. The largest absolute Gasteiger partial charge is 0.329 e. The fraction of sp³-hybridized carbons (Fsp3) is 1.00. The molecule has 1 unspecified atom stereocenters. The molecule has 1 fully saturated rings. The van der Waals surface area contributed by atoms with Gasteiger partial charge in [-0.15, -0.1) is 0 Å². The molecule has 4 nitrogen and oxygen atoms in total. The SMILES string of the molecule is CN1CCN(NC(CN)C(C)(C)C)CC1. The predicted octanol–water partition coefficient (Wildman–Crippen LogP) is 0.112. The van der Waals surface area contributed by atoms with Crippen LogP contribution < -0.4 is 11.2 Å². The van der Waals surface area contributed by atoms with Gasteiger partial charge in [-0.1, -0.05) is 20.8 Å². The summed E-state index contributed by atoms with van der Waals surface area (Å²) in [6.07, 6.45) is 0. The Kier molecular flexibility index (Phi) is 4.52. The first-order valence-electron chi connectivity index (χ1n) is 5.83. The number of hydrogen-bond acceptors (Lipinski definition) is 4. The summed E-state index contributed by atoms with van der Waals surface area (Å²) in [6, 6.07) is 0.362. The molecule has 0 saturated carbocycles. The predicted molar refractivity (Wildman–Crippen MR) is 64.5 cm³/mol. The first kappa shape index (κ1) is 12.9. The van der Waals surface area contributed by atoms with Gasteiger partial charge in [-0.3, -0.25) is 5.43 Å². The molecular weight excluding hydrogens is 188 g/mol. The molecule has 3 N–H and O–H groups in total. The van der Waals surface area contributed by atoms with Gasteiger partial charge in [0.2, 0.25) is 0 Å². The smallest absolute Gasteiger partial charge is 0.0386 e. The number of hydrazine groups is 1. The molecule has 1 aliphatic rings. The number of nitrogens with one attached hydrogen (secondary N) is 1. The number of rotatable bonds is 3. The van der Waals surface area contributed by atoms with Crippen LogP contribution in [0.15, 0.2) is 0 Å². The van der Waals surface area contributed by atoms with Crippen molar-refractivity contribution < 1.29 is 0 Å². The lowest BCUT2D eigenvalue weighted by Crippen LogP contribution is -2.58. The van der Waals surface area contributed by atoms with E-state index in [1.165, 1.54) is 0 Å². The highest BCUT2D eigenvalue weighted by Crippen LogP contribution is 2.18. The van der Waals surface area contributed by atoms with E-state index in [9.17, 15) is 0 Å². The molecule has 1 aliphatic heterocycles. The molecule has 0 aromatic carbocycles. The van der Waals surface area contributed by atoms with Crippen molar-refractivity contribution in [3.05, 3.63) is 0 Å². The maximum Gasteiger partial charge on any atom is 0.0386 e. The lowest BCUT2D eigenvalue weighted by molar-refractivity contribution is 0.0617. The molecule has 0 aromatic rings. The van der Waals surface area contributed by atoms with E-state index in [4.69, 9.17) is 5.73 Å². The monoisotopic (exact) mass is 214 g/mol. The summed E-state index contributed by atoms with van der Waals surface area (Å²) in [5.41, 5.74) is 9.57. The molecule has 1 heterocycles. The fourth-order valence-electron chi connectivity index (χ4n) is 1.76. The zero-order valence-electron chi connectivity index (χ0n) is 10.6. The van der Waals surface area contributed by atoms with Crippen molar-refractivity contribution in [3.8, 4) is 0 Å². The summed E-state index contributed by atoms with van der Waals surface area (Å²) < 4.78 is 0. The number of hydrogen-bond donors (Lipinski definition) is 2. The third kappa shape index (κ3) is 4.07. The quantitative estimate of drug-likeness (QED) is 0.700. The van der Waals surface area contributed by atoms with Crippen LogP contribution in [-0.2, 0) is 0 Å². The van der Waals surface area contributed by atoms with Crippen LogP contribution in [0.5, 0.6) is 0 Å². The minimum atomic E-state index is 0.220. The second-order valence-corrected chi connectivity index (χ2v) is 5.57. The Morgan fingerprint density at radius 1 is 1.20 bits per heavy atom. The van der Waals surface area contributed by atoms with Gasteiger partial charge in [0, 0.05) is 38.8 Å². The molecule has 0 bridgehead atoms. The van der Waals surface area contributed by atoms with E-state index in [1.807, 2.05) is 0 Å². The molecule has 1 saturated heterocycles. The Labute approximate surface area is 93.8 Å². The molecule has 4 heteroatoms. The maximum absolute atomic E-state index is 5.80. The van der Waals surface area contributed by atoms with Gasteiger partial charge < -0.3 is 10.6 Å². The fourth-order valence-corrected chi connectivity index (χ4v) is 1.76. The van der Waals surface area contributed by atoms with Gasteiger partial charge in [0.25, 0.3) is 0 Å². The van der Waals surface area contributed by atoms with Crippen molar-refractivity contribution in [2.75, 3.05) is 39.8 Å². The van der Waals surface area contributed by atoms with Crippen LogP contribution in [-0.4, -0.2) is 55.7 Å². The molecule has 15 heavy (non-hydrogen) atoms. The first-order chi connectivity index (χ1) is 6.93. The summed E-state index contributed by atoms with van der Waals surface area (Å²) in [5.74, 6) is 0. The average molecular weight is 214 g/mol. The molecule has 0 aliphatic carbocycles. The number of nitrogens with two attached hydrogens (primary N) is 1. The van der Waals surface area contributed by atoms with Crippen LogP contribution in [0.1, 0.15) is 20.8 Å². The van der Waals surface area contributed by atoms with Crippen LogP contribution in [0, 0.1) is 5.41 Å². The van der Waals surface area contributed by atoms with E-state index >= 15 is 0 Å². The number of nitrogens with zero attached hydrogens (tertiary/aromatic N) is 2. The molecule has 0 spiro atoms. The first-order valence-corrected chi connectivity index (χ1v) is 5.83. The van der Waals surface area contributed by atoms with Crippen molar-refractivity contribution in [1.29, 1.82) is 0 Å². The number of likely N-dealkylation sites (N-methyl/N-ethyl adjacent to an activating group) is 1. The highest BCUT2D eigenvalue weighted by molar-refractivity contribution is 4.81. The van der Waals surface area contributed by atoms with Gasteiger partial charge >= 0.3 is 0 Å². The second-order valence-electron chi connectivity index (χ2n) is 5.57. The molecular formula is C11H26N4. The second kappa shape index (κ2) is 5.25.